The largest absolute Gasteiger partial charge is 0.497 e. The van der Waals surface area contributed by atoms with E-state index in [1.807, 2.05) is 12.1 Å². The number of methoxy groups -OCH3 is 1. The van der Waals surface area contributed by atoms with Crippen molar-refractivity contribution in [2.75, 3.05) is 12.4 Å². The molecule has 3 N–H and O–H groups in total. The molecular weight excluding hydrogens is 376 g/mol. The van der Waals surface area contributed by atoms with Crippen LogP contribution in [-0.4, -0.2) is 34.4 Å². The molecular formula is C20H20N4O5. The minimum absolute atomic E-state index is 0.0555. The van der Waals surface area contributed by atoms with E-state index in [1.54, 1.807) is 45.2 Å². The number of benzene rings is 1. The van der Waals surface area contributed by atoms with Crippen LogP contribution in [0, 0.1) is 13.8 Å². The first-order valence-electron chi connectivity index (χ1n) is 8.73. The Morgan fingerprint density at radius 3 is 2.48 bits per heavy atom. The Labute approximate surface area is 166 Å². The maximum Gasteiger partial charge on any atom is 0.404 e. The molecule has 29 heavy (non-hydrogen) atoms. The number of carbonyl (C=O) groups is 2. The van der Waals surface area contributed by atoms with Gasteiger partial charge < -0.3 is 25.0 Å². The first-order chi connectivity index (χ1) is 13.9. The molecule has 2 heterocycles. The van der Waals surface area contributed by atoms with Gasteiger partial charge in [-0.15, -0.1) is 0 Å². The van der Waals surface area contributed by atoms with Gasteiger partial charge in [-0.2, -0.15) is 0 Å². The summed E-state index contributed by atoms with van der Waals surface area (Å²) in [6.45, 7) is 3.50. The van der Waals surface area contributed by atoms with Crippen LogP contribution in [0.3, 0.4) is 0 Å². The van der Waals surface area contributed by atoms with Crippen molar-refractivity contribution in [3.05, 3.63) is 59.1 Å². The SMILES string of the molecule is COc1ccc(-c2cc(C(=O)Nc3cc(C)on3)nc(C)c2CNC(=O)O)cc1. The molecule has 3 rings (SSSR count). The van der Waals surface area contributed by atoms with Crippen LogP contribution in [0.1, 0.15) is 27.5 Å². The molecule has 9 nitrogen and oxygen atoms in total. The number of pyridine rings is 1. The maximum absolute atomic E-state index is 12.7. The van der Waals surface area contributed by atoms with Crippen molar-refractivity contribution in [1.29, 1.82) is 0 Å². The highest BCUT2D eigenvalue weighted by Crippen LogP contribution is 2.28. The quantitative estimate of drug-likeness (QED) is 0.583. The van der Waals surface area contributed by atoms with Gasteiger partial charge in [0.2, 0.25) is 0 Å². The van der Waals surface area contributed by atoms with Crippen molar-refractivity contribution < 1.29 is 24.0 Å². The highest BCUT2D eigenvalue weighted by Gasteiger charge is 2.17. The summed E-state index contributed by atoms with van der Waals surface area (Å²) in [4.78, 5) is 28.0. The number of aromatic nitrogens is 2. The second-order valence-corrected chi connectivity index (χ2v) is 6.28. The maximum atomic E-state index is 12.7. The number of amides is 2. The smallest absolute Gasteiger partial charge is 0.404 e. The molecule has 0 unspecified atom stereocenters. The predicted molar refractivity (Wildman–Crippen MR) is 105 cm³/mol. The van der Waals surface area contributed by atoms with E-state index in [2.05, 4.69) is 20.8 Å². The molecule has 0 saturated heterocycles. The predicted octanol–water partition coefficient (Wildman–Crippen LogP) is 3.38. The number of nitrogens with one attached hydrogen (secondary N) is 2. The Hall–Kier alpha value is -3.88. The lowest BCUT2D eigenvalue weighted by molar-refractivity contribution is 0.102. The minimum Gasteiger partial charge on any atom is -0.497 e. The van der Waals surface area contributed by atoms with Gasteiger partial charge in [-0.05, 0) is 43.2 Å². The average molecular weight is 396 g/mol. The van der Waals surface area contributed by atoms with Gasteiger partial charge in [-0.1, -0.05) is 17.3 Å². The Morgan fingerprint density at radius 1 is 1.17 bits per heavy atom. The highest BCUT2D eigenvalue weighted by atomic mass is 16.5. The molecule has 0 atom stereocenters. The van der Waals surface area contributed by atoms with E-state index >= 15 is 0 Å². The molecule has 0 bridgehead atoms. The van der Waals surface area contributed by atoms with Crippen molar-refractivity contribution in [2.45, 2.75) is 20.4 Å². The van der Waals surface area contributed by atoms with Crippen molar-refractivity contribution in [3.63, 3.8) is 0 Å². The molecule has 0 aliphatic rings. The molecule has 9 heteroatoms. The number of hydrogen-bond acceptors (Lipinski definition) is 6. The van der Waals surface area contributed by atoms with Crippen LogP contribution in [0.5, 0.6) is 5.75 Å². The minimum atomic E-state index is -1.15. The first-order valence-corrected chi connectivity index (χ1v) is 8.73. The third kappa shape index (κ3) is 4.70. The fourth-order valence-corrected chi connectivity index (χ4v) is 2.84. The van der Waals surface area contributed by atoms with Gasteiger partial charge in [0.15, 0.2) is 5.82 Å². The van der Waals surface area contributed by atoms with Crippen LogP contribution in [0.2, 0.25) is 0 Å². The van der Waals surface area contributed by atoms with E-state index in [9.17, 15) is 9.59 Å². The fourth-order valence-electron chi connectivity index (χ4n) is 2.84. The lowest BCUT2D eigenvalue weighted by atomic mass is 9.97. The zero-order chi connectivity index (χ0) is 21.0. The zero-order valence-electron chi connectivity index (χ0n) is 16.1. The molecule has 0 aliphatic carbocycles. The Morgan fingerprint density at radius 2 is 1.90 bits per heavy atom. The van der Waals surface area contributed by atoms with Crippen molar-refractivity contribution >= 4 is 17.8 Å². The first kappa shape index (κ1) is 19.9. The second kappa shape index (κ2) is 8.42. The summed E-state index contributed by atoms with van der Waals surface area (Å²) in [5, 5.41) is 17.7. The van der Waals surface area contributed by atoms with Gasteiger partial charge >= 0.3 is 6.09 Å². The van der Waals surface area contributed by atoms with Crippen molar-refractivity contribution in [3.8, 4) is 16.9 Å². The van der Waals surface area contributed by atoms with Crippen LogP contribution in [-0.2, 0) is 6.54 Å². The topological polar surface area (TPSA) is 127 Å². The van der Waals surface area contributed by atoms with Crippen LogP contribution in [0.15, 0.2) is 40.9 Å². The summed E-state index contributed by atoms with van der Waals surface area (Å²) >= 11 is 0. The number of hydrogen-bond donors (Lipinski definition) is 3. The van der Waals surface area contributed by atoms with Crippen molar-refractivity contribution in [1.82, 2.24) is 15.5 Å². The molecule has 0 aliphatic heterocycles. The van der Waals surface area contributed by atoms with Gasteiger partial charge in [0.25, 0.3) is 5.91 Å². The summed E-state index contributed by atoms with van der Waals surface area (Å²) in [6.07, 6.45) is -1.15. The fraction of sp³-hybridized carbons (Fsp3) is 0.200. The van der Waals surface area contributed by atoms with Crippen LogP contribution < -0.4 is 15.4 Å². The van der Waals surface area contributed by atoms with E-state index < -0.39 is 12.0 Å². The number of anilines is 1. The van der Waals surface area contributed by atoms with Gasteiger partial charge in [-0.25, -0.2) is 9.78 Å². The third-order valence-electron chi connectivity index (χ3n) is 4.25. The van der Waals surface area contributed by atoms with E-state index in [0.717, 1.165) is 5.56 Å². The monoisotopic (exact) mass is 396 g/mol. The average Bonchev–Trinajstić information content (AvgIpc) is 3.11. The van der Waals surface area contributed by atoms with Crippen LogP contribution >= 0.6 is 0 Å². The van der Waals surface area contributed by atoms with Crippen LogP contribution in [0.4, 0.5) is 10.6 Å². The van der Waals surface area contributed by atoms with Gasteiger partial charge in [0.05, 0.1) is 7.11 Å². The van der Waals surface area contributed by atoms with Gasteiger partial charge in [0, 0.05) is 23.9 Å². The van der Waals surface area contributed by atoms with Crippen LogP contribution in [0.25, 0.3) is 11.1 Å². The highest BCUT2D eigenvalue weighted by molar-refractivity contribution is 6.03. The lowest BCUT2D eigenvalue weighted by Crippen LogP contribution is -2.22. The molecule has 0 fully saturated rings. The standard InChI is InChI=1S/C20H20N4O5/c1-11-8-18(24-29-11)23-19(25)17-9-15(13-4-6-14(28-3)7-5-13)16(12(2)22-17)10-21-20(26)27/h4-9,21H,10H2,1-3H3,(H,26,27)(H,23,24,25). The Bertz CT molecular complexity index is 1040. The second-order valence-electron chi connectivity index (χ2n) is 6.28. The Kier molecular flexibility index (Phi) is 5.77. The van der Waals surface area contributed by atoms with Gasteiger partial charge in [0.1, 0.15) is 17.2 Å². The number of ether oxygens (including phenoxy) is 1. The zero-order valence-corrected chi connectivity index (χ0v) is 16.1. The van der Waals surface area contributed by atoms with E-state index in [0.29, 0.717) is 28.3 Å². The molecule has 0 radical (unpaired) electrons. The molecule has 1 aromatic carbocycles. The number of rotatable bonds is 6. The summed E-state index contributed by atoms with van der Waals surface area (Å²) < 4.78 is 10.1. The normalized spacial score (nSPS) is 10.4. The number of aryl methyl sites for hydroxylation is 2. The number of carbonyl (C=O) groups excluding carboxylic acids is 1. The van der Waals surface area contributed by atoms with E-state index in [1.165, 1.54) is 0 Å². The van der Waals surface area contributed by atoms with Crippen molar-refractivity contribution in [2.24, 2.45) is 0 Å². The number of carboxylic acid groups (broad SMARTS) is 1. The number of nitrogens with zero attached hydrogens (tertiary/aromatic N) is 2. The molecule has 2 aromatic heterocycles. The lowest BCUT2D eigenvalue weighted by Gasteiger charge is -2.15. The summed E-state index contributed by atoms with van der Waals surface area (Å²) in [6, 6.07) is 10.5. The van der Waals surface area contributed by atoms with Gasteiger partial charge in [-0.3, -0.25) is 4.79 Å². The summed E-state index contributed by atoms with van der Waals surface area (Å²) in [7, 11) is 1.57. The third-order valence-corrected chi connectivity index (χ3v) is 4.25. The summed E-state index contributed by atoms with van der Waals surface area (Å²) in [5.41, 5.74) is 2.87. The molecule has 0 spiro atoms. The summed E-state index contributed by atoms with van der Waals surface area (Å²) in [5.74, 6) is 1.09. The molecule has 3 aromatic rings. The molecule has 150 valence electrons. The Balaban J connectivity index is 2.01. The molecule has 2 amide bonds. The molecule has 0 saturated carbocycles. The van der Waals surface area contributed by atoms with E-state index in [4.69, 9.17) is 14.4 Å². The van der Waals surface area contributed by atoms with E-state index in [-0.39, 0.29) is 18.1 Å².